The van der Waals surface area contributed by atoms with E-state index in [9.17, 15) is 4.79 Å². The Kier molecular flexibility index (Phi) is 7.31. The highest BCUT2D eigenvalue weighted by Gasteiger charge is 2.21. The fourth-order valence-electron chi connectivity index (χ4n) is 2.89. The van der Waals surface area contributed by atoms with Gasteiger partial charge >= 0.3 is 0 Å². The summed E-state index contributed by atoms with van der Waals surface area (Å²) in [4.78, 5) is 16.9. The van der Waals surface area contributed by atoms with Crippen LogP contribution in [0.4, 0.5) is 0 Å². The largest absolute Gasteiger partial charge is 0.497 e. The van der Waals surface area contributed by atoms with Crippen LogP contribution in [0.3, 0.4) is 0 Å². The highest BCUT2D eigenvalue weighted by Crippen LogP contribution is 2.31. The van der Waals surface area contributed by atoms with Gasteiger partial charge in [0.1, 0.15) is 11.5 Å². The number of carbonyl (C=O) groups excluding carboxylic acids is 1. The van der Waals surface area contributed by atoms with Crippen molar-refractivity contribution in [3.63, 3.8) is 0 Å². The van der Waals surface area contributed by atoms with E-state index in [-0.39, 0.29) is 18.3 Å². The molecule has 0 radical (unpaired) electrons. The van der Waals surface area contributed by atoms with Gasteiger partial charge in [-0.3, -0.25) is 4.79 Å². The zero-order valence-electron chi connectivity index (χ0n) is 17.9. The number of benzene rings is 2. The molecular formula is C22H25N3O6. The number of carbonyl (C=O) groups is 1. The van der Waals surface area contributed by atoms with E-state index >= 15 is 0 Å². The Balaban J connectivity index is 1.65. The summed E-state index contributed by atoms with van der Waals surface area (Å²) in [5, 5.41) is 6.75. The van der Waals surface area contributed by atoms with Crippen LogP contribution in [-0.4, -0.2) is 43.5 Å². The molecule has 0 saturated carbocycles. The van der Waals surface area contributed by atoms with Gasteiger partial charge in [0.25, 0.3) is 5.91 Å². The average Bonchev–Trinajstić information content (AvgIpc) is 3.29. The standard InChI is InChI=1S/C22H25N3O6/c1-5-16(30-18-9-7-6-8-17(18)28-3)22(26)23-13-20-24-21(25-31-20)15-11-10-14(27-2)12-19(15)29-4/h6-12,16H,5,13H2,1-4H3,(H,23,26). The monoisotopic (exact) mass is 427 g/mol. The van der Waals surface area contributed by atoms with Crippen molar-refractivity contribution in [3.05, 3.63) is 48.4 Å². The molecule has 1 N–H and O–H groups in total. The van der Waals surface area contributed by atoms with Gasteiger partial charge < -0.3 is 28.8 Å². The van der Waals surface area contributed by atoms with Crippen LogP contribution in [0.2, 0.25) is 0 Å². The van der Waals surface area contributed by atoms with Gasteiger partial charge in [0.15, 0.2) is 17.6 Å². The average molecular weight is 427 g/mol. The molecule has 1 amide bonds. The number of para-hydroxylation sites is 2. The van der Waals surface area contributed by atoms with E-state index < -0.39 is 6.10 Å². The topological polar surface area (TPSA) is 105 Å². The Labute approximate surface area is 180 Å². The Morgan fingerprint density at radius 1 is 1.03 bits per heavy atom. The lowest BCUT2D eigenvalue weighted by Crippen LogP contribution is -2.37. The third kappa shape index (κ3) is 5.25. The van der Waals surface area contributed by atoms with Crippen molar-refractivity contribution in [2.24, 2.45) is 0 Å². The summed E-state index contributed by atoms with van der Waals surface area (Å²) in [5.41, 5.74) is 0.649. The van der Waals surface area contributed by atoms with E-state index in [0.717, 1.165) is 0 Å². The maximum absolute atomic E-state index is 12.6. The molecule has 9 heteroatoms. The number of aromatic nitrogens is 2. The maximum Gasteiger partial charge on any atom is 0.261 e. The molecule has 0 aliphatic rings. The fraction of sp³-hybridized carbons (Fsp3) is 0.318. The second kappa shape index (κ2) is 10.3. The molecule has 1 aromatic heterocycles. The van der Waals surface area contributed by atoms with Gasteiger partial charge in [-0.1, -0.05) is 24.2 Å². The first-order valence-corrected chi connectivity index (χ1v) is 9.72. The molecule has 0 bridgehead atoms. The minimum absolute atomic E-state index is 0.0656. The van der Waals surface area contributed by atoms with Gasteiger partial charge in [-0.2, -0.15) is 4.98 Å². The molecule has 0 aliphatic carbocycles. The molecule has 2 aromatic carbocycles. The predicted molar refractivity (Wildman–Crippen MR) is 112 cm³/mol. The minimum atomic E-state index is -0.694. The van der Waals surface area contributed by atoms with Crippen LogP contribution in [0.1, 0.15) is 19.2 Å². The van der Waals surface area contributed by atoms with Gasteiger partial charge in [0.05, 0.1) is 33.4 Å². The quantitative estimate of drug-likeness (QED) is 0.526. The van der Waals surface area contributed by atoms with Gasteiger partial charge in [0, 0.05) is 6.07 Å². The van der Waals surface area contributed by atoms with Gasteiger partial charge in [-0.05, 0) is 30.7 Å². The van der Waals surface area contributed by atoms with Crippen molar-refractivity contribution in [1.82, 2.24) is 15.5 Å². The summed E-state index contributed by atoms with van der Waals surface area (Å²) in [6.45, 7) is 1.93. The third-order valence-electron chi connectivity index (χ3n) is 4.53. The third-order valence-corrected chi connectivity index (χ3v) is 4.53. The summed E-state index contributed by atoms with van der Waals surface area (Å²) >= 11 is 0. The Hall–Kier alpha value is -3.75. The number of hydrogen-bond donors (Lipinski definition) is 1. The number of nitrogens with one attached hydrogen (secondary N) is 1. The van der Waals surface area contributed by atoms with Crippen LogP contribution in [0, 0.1) is 0 Å². The summed E-state index contributed by atoms with van der Waals surface area (Å²) in [7, 11) is 4.67. The van der Waals surface area contributed by atoms with Crippen molar-refractivity contribution in [1.29, 1.82) is 0 Å². The first-order valence-electron chi connectivity index (χ1n) is 9.72. The smallest absolute Gasteiger partial charge is 0.261 e. The normalized spacial score (nSPS) is 11.5. The molecular weight excluding hydrogens is 402 g/mol. The minimum Gasteiger partial charge on any atom is -0.497 e. The number of rotatable bonds is 10. The summed E-state index contributed by atoms with van der Waals surface area (Å²) in [5.74, 6) is 2.57. The highest BCUT2D eigenvalue weighted by atomic mass is 16.5. The SMILES string of the molecule is CCC(Oc1ccccc1OC)C(=O)NCc1nc(-c2ccc(OC)cc2OC)no1. The number of ether oxygens (including phenoxy) is 4. The van der Waals surface area contributed by atoms with Gasteiger partial charge in [0.2, 0.25) is 11.7 Å². The van der Waals surface area contributed by atoms with E-state index in [2.05, 4.69) is 15.5 Å². The maximum atomic E-state index is 12.6. The van der Waals surface area contributed by atoms with Crippen molar-refractivity contribution >= 4 is 5.91 Å². The van der Waals surface area contributed by atoms with E-state index in [4.69, 9.17) is 23.5 Å². The van der Waals surface area contributed by atoms with Crippen molar-refractivity contribution in [2.75, 3.05) is 21.3 Å². The number of nitrogens with zero attached hydrogens (tertiary/aromatic N) is 2. The van der Waals surface area contributed by atoms with Gasteiger partial charge in [-0.25, -0.2) is 0 Å². The molecule has 0 fully saturated rings. The van der Waals surface area contributed by atoms with E-state index in [1.54, 1.807) is 51.7 Å². The van der Waals surface area contributed by atoms with Crippen molar-refractivity contribution < 1.29 is 28.3 Å². The van der Waals surface area contributed by atoms with Crippen LogP contribution in [0.5, 0.6) is 23.0 Å². The summed E-state index contributed by atoms with van der Waals surface area (Å²) in [6.07, 6.45) is -0.220. The van der Waals surface area contributed by atoms with E-state index in [1.807, 2.05) is 19.1 Å². The zero-order valence-corrected chi connectivity index (χ0v) is 17.9. The lowest BCUT2D eigenvalue weighted by molar-refractivity contribution is -0.128. The van der Waals surface area contributed by atoms with Crippen LogP contribution in [0.25, 0.3) is 11.4 Å². The fourth-order valence-corrected chi connectivity index (χ4v) is 2.89. The Morgan fingerprint density at radius 2 is 1.77 bits per heavy atom. The molecule has 1 heterocycles. The molecule has 164 valence electrons. The molecule has 0 saturated heterocycles. The van der Waals surface area contributed by atoms with Crippen LogP contribution < -0.4 is 24.3 Å². The van der Waals surface area contributed by atoms with Crippen LogP contribution in [0.15, 0.2) is 47.0 Å². The number of hydrogen-bond acceptors (Lipinski definition) is 8. The first kappa shape index (κ1) is 21.9. The molecule has 0 aliphatic heterocycles. The Bertz CT molecular complexity index is 1020. The van der Waals surface area contributed by atoms with E-state index in [1.165, 1.54) is 0 Å². The highest BCUT2D eigenvalue weighted by molar-refractivity contribution is 5.81. The van der Waals surface area contributed by atoms with E-state index in [0.29, 0.717) is 40.8 Å². The predicted octanol–water partition coefficient (Wildman–Crippen LogP) is 3.24. The molecule has 1 unspecified atom stereocenters. The zero-order chi connectivity index (χ0) is 22.2. The Morgan fingerprint density at radius 3 is 2.45 bits per heavy atom. The lowest BCUT2D eigenvalue weighted by Gasteiger charge is -2.18. The van der Waals surface area contributed by atoms with Gasteiger partial charge in [-0.15, -0.1) is 0 Å². The first-order chi connectivity index (χ1) is 15.1. The second-order valence-electron chi connectivity index (χ2n) is 6.46. The molecule has 9 nitrogen and oxygen atoms in total. The number of methoxy groups -OCH3 is 3. The molecule has 0 spiro atoms. The molecule has 31 heavy (non-hydrogen) atoms. The summed E-state index contributed by atoms with van der Waals surface area (Å²) in [6, 6.07) is 12.5. The molecule has 3 rings (SSSR count). The lowest BCUT2D eigenvalue weighted by atomic mass is 10.2. The second-order valence-corrected chi connectivity index (χ2v) is 6.46. The van der Waals surface area contributed by atoms with Crippen LogP contribution in [-0.2, 0) is 11.3 Å². The summed E-state index contributed by atoms with van der Waals surface area (Å²) < 4.78 is 26.9. The number of amides is 1. The van der Waals surface area contributed by atoms with Crippen molar-refractivity contribution in [3.8, 4) is 34.4 Å². The van der Waals surface area contributed by atoms with Crippen LogP contribution >= 0.6 is 0 Å². The van der Waals surface area contributed by atoms with Crippen molar-refractivity contribution in [2.45, 2.75) is 26.0 Å². The molecule has 3 aromatic rings. The molecule has 1 atom stereocenters.